The molecule has 1 rings (SSSR count). The average molecular weight is 264 g/mol. The minimum absolute atomic E-state index is 0.176. The zero-order chi connectivity index (χ0) is 10.7. The van der Waals surface area contributed by atoms with E-state index in [2.05, 4.69) is 21.2 Å². The number of rotatable bonds is 2. The van der Waals surface area contributed by atoms with E-state index >= 15 is 0 Å². The average Bonchev–Trinajstić information content (AvgIpc) is 2.10. The maximum atomic E-state index is 13.1. The van der Waals surface area contributed by atoms with Gasteiger partial charge in [-0.3, -0.25) is 4.79 Å². The summed E-state index contributed by atoms with van der Waals surface area (Å²) in [6.45, 7) is 1.60. The van der Waals surface area contributed by atoms with Crippen molar-refractivity contribution in [3.63, 3.8) is 0 Å². The fourth-order valence-electron chi connectivity index (χ4n) is 0.889. The Morgan fingerprint density at radius 3 is 2.36 bits per heavy atom. The van der Waals surface area contributed by atoms with Gasteiger partial charge in [-0.15, -0.1) is 0 Å². The number of halogens is 3. The summed E-state index contributed by atoms with van der Waals surface area (Å²) in [5.74, 6) is -2.01. The van der Waals surface area contributed by atoms with Crippen molar-refractivity contribution in [2.24, 2.45) is 0 Å². The van der Waals surface area contributed by atoms with Crippen molar-refractivity contribution < 1.29 is 13.6 Å². The number of anilines is 1. The largest absolute Gasteiger partial charge is 0.321 e. The molecule has 14 heavy (non-hydrogen) atoms. The highest BCUT2D eigenvalue weighted by Crippen LogP contribution is 2.23. The second-order valence-corrected chi connectivity index (χ2v) is 3.56. The van der Waals surface area contributed by atoms with Crippen LogP contribution >= 0.6 is 15.9 Å². The summed E-state index contributed by atoms with van der Waals surface area (Å²) < 4.78 is 26.5. The molecule has 0 bridgehead atoms. The molecule has 0 saturated carbocycles. The third-order valence-electron chi connectivity index (χ3n) is 1.59. The van der Waals surface area contributed by atoms with Crippen LogP contribution in [0.1, 0.15) is 13.3 Å². The minimum atomic E-state index is -0.793. The van der Waals surface area contributed by atoms with E-state index in [1.807, 2.05) is 0 Å². The van der Waals surface area contributed by atoms with Gasteiger partial charge in [-0.1, -0.05) is 22.9 Å². The molecule has 76 valence electrons. The summed E-state index contributed by atoms with van der Waals surface area (Å²) in [4.78, 5) is 10.9. The minimum Gasteiger partial charge on any atom is -0.321 e. The van der Waals surface area contributed by atoms with Gasteiger partial charge < -0.3 is 5.32 Å². The fraction of sp³-hybridized carbons (Fsp3) is 0.222. The fourth-order valence-corrected chi connectivity index (χ4v) is 1.29. The summed E-state index contributed by atoms with van der Waals surface area (Å²) >= 11 is 2.94. The number of amides is 1. The van der Waals surface area contributed by atoms with Crippen molar-refractivity contribution in [1.82, 2.24) is 0 Å². The summed E-state index contributed by atoms with van der Waals surface area (Å²) in [6.07, 6.45) is 0.176. The molecule has 1 aromatic rings. The summed E-state index contributed by atoms with van der Waals surface area (Å²) in [5.41, 5.74) is -0.403. The quantitative estimate of drug-likeness (QED) is 0.873. The van der Waals surface area contributed by atoms with Crippen LogP contribution in [0.5, 0.6) is 0 Å². The van der Waals surface area contributed by atoms with E-state index in [9.17, 15) is 13.6 Å². The standard InChI is InChI=1S/C9H8BrF2NO/c1-2-8(14)13-9-6(11)3-5(10)4-7(9)12/h3-4H,2H2,1H3,(H,13,14). The highest BCUT2D eigenvalue weighted by molar-refractivity contribution is 9.10. The lowest BCUT2D eigenvalue weighted by atomic mass is 10.3. The van der Waals surface area contributed by atoms with Crippen LogP contribution in [0.3, 0.4) is 0 Å². The molecule has 0 heterocycles. The van der Waals surface area contributed by atoms with Gasteiger partial charge in [0.2, 0.25) is 5.91 Å². The zero-order valence-corrected chi connectivity index (χ0v) is 8.99. The second kappa shape index (κ2) is 4.50. The number of carbonyl (C=O) groups is 1. The third kappa shape index (κ3) is 2.51. The molecule has 2 nitrogen and oxygen atoms in total. The van der Waals surface area contributed by atoms with Crippen molar-refractivity contribution in [2.45, 2.75) is 13.3 Å². The lowest BCUT2D eigenvalue weighted by molar-refractivity contribution is -0.115. The summed E-state index contributed by atoms with van der Waals surface area (Å²) in [6, 6.07) is 2.18. The van der Waals surface area contributed by atoms with E-state index in [1.54, 1.807) is 6.92 Å². The van der Waals surface area contributed by atoms with Gasteiger partial charge in [0.05, 0.1) is 0 Å². The molecule has 0 atom stereocenters. The van der Waals surface area contributed by atoms with E-state index in [0.717, 1.165) is 12.1 Å². The first-order valence-electron chi connectivity index (χ1n) is 3.99. The Morgan fingerprint density at radius 1 is 1.43 bits per heavy atom. The van der Waals surface area contributed by atoms with Gasteiger partial charge >= 0.3 is 0 Å². The third-order valence-corrected chi connectivity index (χ3v) is 2.05. The van der Waals surface area contributed by atoms with Gasteiger partial charge in [-0.2, -0.15) is 0 Å². The molecule has 0 unspecified atom stereocenters. The van der Waals surface area contributed by atoms with Gasteiger partial charge in [0, 0.05) is 10.9 Å². The van der Waals surface area contributed by atoms with E-state index in [1.165, 1.54) is 0 Å². The Labute approximate surface area is 88.4 Å². The normalized spacial score (nSPS) is 10.0. The topological polar surface area (TPSA) is 29.1 Å². The molecular formula is C9H8BrF2NO. The molecule has 0 radical (unpaired) electrons. The lowest BCUT2D eigenvalue weighted by Crippen LogP contribution is -2.12. The molecule has 1 aromatic carbocycles. The van der Waals surface area contributed by atoms with Crippen LogP contribution in [0, 0.1) is 11.6 Å². The number of hydrogen-bond donors (Lipinski definition) is 1. The van der Waals surface area contributed by atoms with Gasteiger partial charge in [0.15, 0.2) is 11.6 Å². The predicted octanol–water partition coefficient (Wildman–Crippen LogP) is 3.08. The Morgan fingerprint density at radius 2 is 1.93 bits per heavy atom. The van der Waals surface area contributed by atoms with E-state index in [4.69, 9.17) is 0 Å². The van der Waals surface area contributed by atoms with E-state index in [-0.39, 0.29) is 6.42 Å². The highest BCUT2D eigenvalue weighted by atomic mass is 79.9. The van der Waals surface area contributed by atoms with Crippen molar-refractivity contribution in [3.8, 4) is 0 Å². The van der Waals surface area contributed by atoms with Crippen LogP contribution < -0.4 is 5.32 Å². The van der Waals surface area contributed by atoms with Crippen LogP contribution in [-0.4, -0.2) is 5.91 Å². The molecule has 0 aliphatic rings. The van der Waals surface area contributed by atoms with Crippen LogP contribution in [0.2, 0.25) is 0 Å². The lowest BCUT2D eigenvalue weighted by Gasteiger charge is -2.06. The first-order valence-corrected chi connectivity index (χ1v) is 4.78. The highest BCUT2D eigenvalue weighted by Gasteiger charge is 2.12. The smallest absolute Gasteiger partial charge is 0.224 e. The number of nitrogens with one attached hydrogen (secondary N) is 1. The molecule has 0 aliphatic carbocycles. The van der Waals surface area contributed by atoms with Crippen molar-refractivity contribution in [1.29, 1.82) is 0 Å². The van der Waals surface area contributed by atoms with Gasteiger partial charge in [-0.05, 0) is 12.1 Å². The van der Waals surface area contributed by atoms with Crippen LogP contribution in [0.15, 0.2) is 16.6 Å². The molecule has 0 fully saturated rings. The Hall–Kier alpha value is -0.970. The Kier molecular flexibility index (Phi) is 3.57. The molecule has 0 saturated heterocycles. The first-order chi connectivity index (χ1) is 6.54. The van der Waals surface area contributed by atoms with E-state index in [0.29, 0.717) is 4.47 Å². The van der Waals surface area contributed by atoms with Crippen LogP contribution in [0.25, 0.3) is 0 Å². The van der Waals surface area contributed by atoms with Crippen LogP contribution in [0.4, 0.5) is 14.5 Å². The second-order valence-electron chi connectivity index (χ2n) is 2.65. The molecule has 1 amide bonds. The number of carbonyl (C=O) groups excluding carboxylic acids is 1. The summed E-state index contributed by atoms with van der Waals surface area (Å²) in [7, 11) is 0. The molecule has 0 spiro atoms. The monoisotopic (exact) mass is 263 g/mol. The maximum Gasteiger partial charge on any atom is 0.224 e. The Balaban J connectivity index is 3.02. The molecular weight excluding hydrogens is 256 g/mol. The predicted molar refractivity (Wildman–Crippen MR) is 53.0 cm³/mol. The zero-order valence-electron chi connectivity index (χ0n) is 7.40. The van der Waals surface area contributed by atoms with Crippen molar-refractivity contribution in [2.75, 3.05) is 5.32 Å². The van der Waals surface area contributed by atoms with Crippen LogP contribution in [-0.2, 0) is 4.79 Å². The maximum absolute atomic E-state index is 13.1. The van der Waals surface area contributed by atoms with E-state index < -0.39 is 23.2 Å². The van der Waals surface area contributed by atoms with Gasteiger partial charge in [0.1, 0.15) is 5.69 Å². The molecule has 5 heteroatoms. The summed E-state index contributed by atoms with van der Waals surface area (Å²) in [5, 5.41) is 2.15. The van der Waals surface area contributed by atoms with Gasteiger partial charge in [-0.25, -0.2) is 8.78 Å². The molecule has 0 aliphatic heterocycles. The SMILES string of the molecule is CCC(=O)Nc1c(F)cc(Br)cc1F. The number of hydrogen-bond acceptors (Lipinski definition) is 1. The van der Waals surface area contributed by atoms with Gasteiger partial charge in [0.25, 0.3) is 0 Å². The van der Waals surface area contributed by atoms with Crippen molar-refractivity contribution in [3.05, 3.63) is 28.2 Å². The Bertz CT molecular complexity index is 345. The number of benzene rings is 1. The van der Waals surface area contributed by atoms with Crippen molar-refractivity contribution >= 4 is 27.5 Å². The molecule has 1 N–H and O–H groups in total. The first kappa shape index (κ1) is 11.1. The molecule has 0 aromatic heterocycles.